The lowest BCUT2D eigenvalue weighted by atomic mass is 10.0. The molecule has 2 aromatic rings. The summed E-state index contributed by atoms with van der Waals surface area (Å²) in [6, 6.07) is 13.2. The number of anilines is 1. The molecule has 1 atom stereocenters. The summed E-state index contributed by atoms with van der Waals surface area (Å²) in [6.45, 7) is 7.05. The normalized spacial score (nSPS) is 15.4. The monoisotopic (exact) mass is 381 g/mol. The number of amides is 3. The van der Waals surface area contributed by atoms with Crippen LogP contribution in [0.5, 0.6) is 5.75 Å². The number of hydrogen-bond acceptors (Lipinski definition) is 3. The van der Waals surface area contributed by atoms with Crippen LogP contribution >= 0.6 is 0 Å². The number of rotatable bonds is 4. The molecule has 0 saturated carbocycles. The van der Waals surface area contributed by atoms with Crippen LogP contribution < -0.4 is 15.0 Å². The fourth-order valence-electron chi connectivity index (χ4n) is 3.56. The molecule has 6 nitrogen and oxygen atoms in total. The highest BCUT2D eigenvalue weighted by molar-refractivity contribution is 5.97. The first-order chi connectivity index (χ1) is 13.4. The minimum absolute atomic E-state index is 0.0582. The molecule has 148 valence electrons. The molecule has 0 bridgehead atoms. The molecule has 0 unspecified atom stereocenters. The second-order valence-corrected chi connectivity index (χ2v) is 7.20. The number of hydrogen-bond donors (Lipinski definition) is 1. The molecule has 1 heterocycles. The number of nitrogens with one attached hydrogen (secondary N) is 1. The number of piperazine rings is 1. The van der Waals surface area contributed by atoms with Gasteiger partial charge in [-0.05, 0) is 44.0 Å². The molecule has 0 aromatic heterocycles. The van der Waals surface area contributed by atoms with Gasteiger partial charge in [0.2, 0.25) is 5.91 Å². The minimum Gasteiger partial charge on any atom is -0.497 e. The summed E-state index contributed by atoms with van der Waals surface area (Å²) in [5, 5.41) is 3.02. The largest absolute Gasteiger partial charge is 0.497 e. The van der Waals surface area contributed by atoms with Gasteiger partial charge in [-0.15, -0.1) is 0 Å². The molecule has 0 radical (unpaired) electrons. The number of nitrogens with zero attached hydrogens (tertiary/aromatic N) is 2. The highest BCUT2D eigenvalue weighted by Gasteiger charge is 2.29. The maximum absolute atomic E-state index is 12.7. The lowest BCUT2D eigenvalue weighted by Gasteiger charge is -2.35. The molecule has 28 heavy (non-hydrogen) atoms. The SMILES string of the molecule is COc1cccc(N2CCN(C(=O)N[C@H](C)c3ccc(C)cc3C)CC2=O)c1. The van der Waals surface area contributed by atoms with Crippen LogP contribution in [0.1, 0.15) is 29.7 Å². The molecule has 0 spiro atoms. The summed E-state index contributed by atoms with van der Waals surface area (Å²) in [6.07, 6.45) is 0. The average molecular weight is 381 g/mol. The third-order valence-corrected chi connectivity index (χ3v) is 5.10. The molecule has 1 fully saturated rings. The number of ether oxygens (including phenoxy) is 1. The zero-order chi connectivity index (χ0) is 20.3. The highest BCUT2D eigenvalue weighted by Crippen LogP contribution is 2.23. The number of urea groups is 1. The van der Waals surface area contributed by atoms with Crippen molar-refractivity contribution in [2.24, 2.45) is 0 Å². The second-order valence-electron chi connectivity index (χ2n) is 7.20. The maximum Gasteiger partial charge on any atom is 0.318 e. The summed E-state index contributed by atoms with van der Waals surface area (Å²) in [5.41, 5.74) is 4.21. The molecule has 1 saturated heterocycles. The zero-order valence-corrected chi connectivity index (χ0v) is 16.9. The number of methoxy groups -OCH3 is 1. The van der Waals surface area contributed by atoms with Gasteiger partial charge in [0, 0.05) is 24.8 Å². The summed E-state index contributed by atoms with van der Waals surface area (Å²) >= 11 is 0. The maximum atomic E-state index is 12.7. The number of carbonyl (C=O) groups is 2. The third-order valence-electron chi connectivity index (χ3n) is 5.10. The van der Waals surface area contributed by atoms with E-state index >= 15 is 0 Å². The van der Waals surface area contributed by atoms with Crippen molar-refractivity contribution >= 4 is 17.6 Å². The van der Waals surface area contributed by atoms with E-state index in [2.05, 4.69) is 11.4 Å². The fraction of sp³-hybridized carbons (Fsp3) is 0.364. The molecular formula is C22H27N3O3. The van der Waals surface area contributed by atoms with Gasteiger partial charge in [-0.2, -0.15) is 0 Å². The van der Waals surface area contributed by atoms with Crippen molar-refractivity contribution in [3.63, 3.8) is 0 Å². The van der Waals surface area contributed by atoms with Gasteiger partial charge in [0.05, 0.1) is 13.2 Å². The van der Waals surface area contributed by atoms with Crippen molar-refractivity contribution in [1.82, 2.24) is 10.2 Å². The topological polar surface area (TPSA) is 61.9 Å². The Hall–Kier alpha value is -3.02. The van der Waals surface area contributed by atoms with E-state index in [4.69, 9.17) is 4.74 Å². The number of aryl methyl sites for hydroxylation is 2. The highest BCUT2D eigenvalue weighted by atomic mass is 16.5. The van der Waals surface area contributed by atoms with Crippen molar-refractivity contribution in [1.29, 1.82) is 0 Å². The first-order valence-corrected chi connectivity index (χ1v) is 9.46. The quantitative estimate of drug-likeness (QED) is 0.883. The average Bonchev–Trinajstić information content (AvgIpc) is 2.67. The standard InChI is InChI=1S/C22H27N3O3/c1-15-8-9-20(16(2)12-15)17(3)23-22(27)24-10-11-25(21(26)14-24)18-6-5-7-19(13-18)28-4/h5-9,12-13,17H,10-11,14H2,1-4H3,(H,23,27)/t17-/m1/s1. The lowest BCUT2D eigenvalue weighted by Crippen LogP contribution is -2.55. The van der Waals surface area contributed by atoms with Gasteiger partial charge in [-0.25, -0.2) is 4.79 Å². The predicted octanol–water partition coefficient (Wildman–Crippen LogP) is 3.43. The van der Waals surface area contributed by atoms with E-state index in [0.29, 0.717) is 18.8 Å². The third kappa shape index (κ3) is 4.27. The van der Waals surface area contributed by atoms with E-state index in [-0.39, 0.29) is 24.5 Å². The van der Waals surface area contributed by atoms with E-state index in [9.17, 15) is 9.59 Å². The van der Waals surface area contributed by atoms with Crippen molar-refractivity contribution in [2.45, 2.75) is 26.8 Å². The van der Waals surface area contributed by atoms with Crippen LogP contribution in [0.15, 0.2) is 42.5 Å². The van der Waals surface area contributed by atoms with Gasteiger partial charge >= 0.3 is 6.03 Å². The van der Waals surface area contributed by atoms with Crippen LogP contribution in [0.25, 0.3) is 0 Å². The molecule has 2 aromatic carbocycles. The van der Waals surface area contributed by atoms with Crippen molar-refractivity contribution in [3.05, 3.63) is 59.2 Å². The van der Waals surface area contributed by atoms with Crippen LogP contribution in [-0.2, 0) is 4.79 Å². The van der Waals surface area contributed by atoms with E-state index in [1.165, 1.54) is 5.56 Å². The number of benzene rings is 2. The Morgan fingerprint density at radius 1 is 1.14 bits per heavy atom. The van der Waals surface area contributed by atoms with E-state index in [1.54, 1.807) is 16.9 Å². The first kappa shape index (κ1) is 19.7. The zero-order valence-electron chi connectivity index (χ0n) is 16.9. The molecule has 1 aliphatic rings. The first-order valence-electron chi connectivity index (χ1n) is 9.46. The van der Waals surface area contributed by atoms with E-state index < -0.39 is 0 Å². The van der Waals surface area contributed by atoms with Gasteiger partial charge in [0.15, 0.2) is 0 Å². The Kier molecular flexibility index (Phi) is 5.87. The number of carbonyl (C=O) groups excluding carboxylic acids is 2. The Bertz CT molecular complexity index is 881. The van der Waals surface area contributed by atoms with Gasteiger partial charge in [-0.3, -0.25) is 4.79 Å². The summed E-state index contributed by atoms with van der Waals surface area (Å²) < 4.78 is 5.23. The molecule has 1 aliphatic heterocycles. The molecule has 3 rings (SSSR count). The Morgan fingerprint density at radius 2 is 1.93 bits per heavy atom. The summed E-state index contributed by atoms with van der Waals surface area (Å²) in [5.74, 6) is 0.599. The second kappa shape index (κ2) is 8.33. The van der Waals surface area contributed by atoms with Crippen LogP contribution in [0.4, 0.5) is 10.5 Å². The fourth-order valence-corrected chi connectivity index (χ4v) is 3.56. The molecule has 1 N–H and O–H groups in total. The molecule has 6 heteroatoms. The minimum atomic E-state index is -0.217. The van der Waals surface area contributed by atoms with Crippen LogP contribution in [0.2, 0.25) is 0 Å². The van der Waals surface area contributed by atoms with Gasteiger partial charge in [0.25, 0.3) is 0 Å². The van der Waals surface area contributed by atoms with Gasteiger partial charge in [0.1, 0.15) is 12.3 Å². The molecular weight excluding hydrogens is 354 g/mol. The van der Waals surface area contributed by atoms with E-state index in [1.807, 2.05) is 57.2 Å². The van der Waals surface area contributed by atoms with Gasteiger partial charge < -0.3 is 19.9 Å². The Balaban J connectivity index is 1.63. The van der Waals surface area contributed by atoms with E-state index in [0.717, 1.165) is 16.8 Å². The van der Waals surface area contributed by atoms with Crippen LogP contribution in [0.3, 0.4) is 0 Å². The van der Waals surface area contributed by atoms with Crippen molar-refractivity contribution in [2.75, 3.05) is 31.6 Å². The molecule has 3 amide bonds. The smallest absolute Gasteiger partial charge is 0.318 e. The van der Waals surface area contributed by atoms with Crippen molar-refractivity contribution in [3.8, 4) is 5.75 Å². The Morgan fingerprint density at radius 3 is 2.61 bits per heavy atom. The summed E-state index contributed by atoms with van der Waals surface area (Å²) in [7, 11) is 1.60. The molecule has 0 aliphatic carbocycles. The van der Waals surface area contributed by atoms with Gasteiger partial charge in [-0.1, -0.05) is 29.8 Å². The lowest BCUT2D eigenvalue weighted by molar-refractivity contribution is -0.120. The predicted molar refractivity (Wildman–Crippen MR) is 110 cm³/mol. The van der Waals surface area contributed by atoms with Crippen molar-refractivity contribution < 1.29 is 14.3 Å². The Labute approximate surface area is 166 Å². The summed E-state index contributed by atoms with van der Waals surface area (Å²) in [4.78, 5) is 28.6. The van der Waals surface area contributed by atoms with Crippen LogP contribution in [0, 0.1) is 13.8 Å². The van der Waals surface area contributed by atoms with Crippen LogP contribution in [-0.4, -0.2) is 43.6 Å².